The lowest BCUT2D eigenvalue weighted by molar-refractivity contribution is 0.0993. The van der Waals surface area contributed by atoms with Crippen molar-refractivity contribution in [1.82, 2.24) is 19.1 Å². The van der Waals surface area contributed by atoms with Crippen LogP contribution in [0, 0.1) is 5.82 Å². The average molecular weight is 585 g/mol. The Morgan fingerprint density at radius 3 is 2.40 bits per heavy atom. The van der Waals surface area contributed by atoms with Crippen molar-refractivity contribution in [2.24, 2.45) is 7.05 Å². The summed E-state index contributed by atoms with van der Waals surface area (Å²) in [4.78, 5) is 38.8. The van der Waals surface area contributed by atoms with Crippen LogP contribution in [0.15, 0.2) is 47.5 Å². The number of carbonyl (C=O) groups excluding carboxylic acids is 1. The number of anilines is 2. The van der Waals surface area contributed by atoms with Gasteiger partial charge in [0.15, 0.2) is 0 Å². The second-order valence-electron chi connectivity index (χ2n) is 9.99. The minimum atomic E-state index is -0.757. The summed E-state index contributed by atoms with van der Waals surface area (Å²) in [7, 11) is 6.73. The highest BCUT2D eigenvalue weighted by molar-refractivity contribution is 6.31. The standard InChI is InChI=1S/C28H27Cl2FN6O3/c1-14(2)36-22(18-12-32-28(34(3)4)33-25(18)40-6)11-17-24(36)23(15-7-8-19(29)21(31)9-15)37(26(17)38)16-10-20(30)27(39)35(5)13-16/h7-14,23H,1-6H3. The number of halogens is 3. The van der Waals surface area contributed by atoms with Crippen molar-refractivity contribution in [2.45, 2.75) is 25.9 Å². The summed E-state index contributed by atoms with van der Waals surface area (Å²) in [6, 6.07) is 6.79. The molecule has 0 saturated carbocycles. The number of aromatic nitrogens is 4. The fraction of sp³-hybridized carbons (Fsp3) is 0.286. The monoisotopic (exact) mass is 584 g/mol. The highest BCUT2D eigenvalue weighted by atomic mass is 35.5. The Hall–Kier alpha value is -3.89. The molecular weight excluding hydrogens is 558 g/mol. The van der Waals surface area contributed by atoms with E-state index in [1.165, 1.54) is 41.0 Å². The van der Waals surface area contributed by atoms with Crippen LogP contribution in [0.4, 0.5) is 16.0 Å². The summed E-state index contributed by atoms with van der Waals surface area (Å²) in [5.74, 6) is -0.134. The number of methoxy groups -OCH3 is 1. The molecule has 9 nitrogen and oxygen atoms in total. The van der Waals surface area contributed by atoms with E-state index in [4.69, 9.17) is 27.9 Å². The maximum atomic E-state index is 14.8. The van der Waals surface area contributed by atoms with Gasteiger partial charge in [-0.05, 0) is 43.7 Å². The average Bonchev–Trinajstić information content (AvgIpc) is 3.43. The van der Waals surface area contributed by atoms with Crippen LogP contribution >= 0.6 is 23.2 Å². The van der Waals surface area contributed by atoms with E-state index in [1.54, 1.807) is 30.3 Å². The summed E-state index contributed by atoms with van der Waals surface area (Å²) in [6.45, 7) is 3.97. The van der Waals surface area contributed by atoms with Crippen molar-refractivity contribution in [3.63, 3.8) is 0 Å². The summed E-state index contributed by atoms with van der Waals surface area (Å²) >= 11 is 12.3. The van der Waals surface area contributed by atoms with E-state index in [2.05, 4.69) is 9.97 Å². The molecule has 0 N–H and O–H groups in total. The van der Waals surface area contributed by atoms with Gasteiger partial charge in [-0.25, -0.2) is 9.37 Å². The Morgan fingerprint density at radius 1 is 1.07 bits per heavy atom. The van der Waals surface area contributed by atoms with Crippen molar-refractivity contribution < 1.29 is 13.9 Å². The summed E-state index contributed by atoms with van der Waals surface area (Å²) < 4.78 is 23.7. The Morgan fingerprint density at radius 2 is 1.80 bits per heavy atom. The number of hydrogen-bond donors (Lipinski definition) is 0. The van der Waals surface area contributed by atoms with Crippen LogP contribution in [0.3, 0.4) is 0 Å². The third-order valence-corrected chi connectivity index (χ3v) is 7.41. The van der Waals surface area contributed by atoms with Gasteiger partial charge < -0.3 is 18.8 Å². The first-order valence-electron chi connectivity index (χ1n) is 12.4. The first-order valence-corrected chi connectivity index (χ1v) is 13.2. The van der Waals surface area contributed by atoms with Gasteiger partial charge in [0, 0.05) is 39.6 Å². The first-order chi connectivity index (χ1) is 18.9. The van der Waals surface area contributed by atoms with Gasteiger partial charge in [-0.3, -0.25) is 14.5 Å². The van der Waals surface area contributed by atoms with Crippen molar-refractivity contribution in [3.8, 4) is 17.1 Å². The molecule has 0 saturated heterocycles. The molecule has 1 aromatic carbocycles. The van der Waals surface area contributed by atoms with Crippen molar-refractivity contribution in [1.29, 1.82) is 0 Å². The molecule has 0 fully saturated rings. The highest BCUT2D eigenvalue weighted by Gasteiger charge is 2.44. The topological polar surface area (TPSA) is 85.5 Å². The summed E-state index contributed by atoms with van der Waals surface area (Å²) in [5, 5.41) is -0.0755. The number of fused-ring (bicyclic) bond motifs is 1. The normalized spacial score (nSPS) is 14.7. The number of aryl methyl sites for hydroxylation is 1. The van der Waals surface area contributed by atoms with Crippen LogP contribution in [0.25, 0.3) is 11.3 Å². The predicted octanol–water partition coefficient (Wildman–Crippen LogP) is 5.50. The Labute approximate surface area is 240 Å². The van der Waals surface area contributed by atoms with Gasteiger partial charge in [-0.15, -0.1) is 0 Å². The highest BCUT2D eigenvalue weighted by Crippen LogP contribution is 2.47. The second-order valence-corrected chi connectivity index (χ2v) is 10.8. The van der Waals surface area contributed by atoms with E-state index >= 15 is 0 Å². The number of carbonyl (C=O) groups is 1. The molecule has 1 unspecified atom stereocenters. The fourth-order valence-electron chi connectivity index (χ4n) is 5.07. The molecular formula is C28H27Cl2FN6O3. The number of rotatable bonds is 6. The van der Waals surface area contributed by atoms with E-state index in [9.17, 15) is 14.0 Å². The molecule has 1 amide bonds. The molecule has 0 radical (unpaired) electrons. The maximum Gasteiger partial charge on any atom is 0.269 e. The SMILES string of the molecule is COc1nc(N(C)C)ncc1-c1cc2c(n1C(C)C)C(c1ccc(Cl)c(F)c1)N(c1cc(Cl)c(=O)n(C)c1)C2=O. The first kappa shape index (κ1) is 27.7. The quantitative estimate of drug-likeness (QED) is 0.298. The fourth-order valence-corrected chi connectivity index (χ4v) is 5.43. The van der Waals surface area contributed by atoms with E-state index < -0.39 is 17.4 Å². The Bertz CT molecular complexity index is 1690. The van der Waals surface area contributed by atoms with Crippen LogP contribution < -0.4 is 20.1 Å². The lowest BCUT2D eigenvalue weighted by Gasteiger charge is -2.29. The van der Waals surface area contributed by atoms with Crippen LogP contribution in [0.1, 0.15) is 47.5 Å². The van der Waals surface area contributed by atoms with Crippen LogP contribution in [-0.4, -0.2) is 46.2 Å². The zero-order valence-electron chi connectivity index (χ0n) is 22.7. The number of benzene rings is 1. The van der Waals surface area contributed by atoms with Gasteiger partial charge in [-0.2, -0.15) is 4.98 Å². The lowest BCUT2D eigenvalue weighted by Crippen LogP contribution is -2.31. The van der Waals surface area contributed by atoms with Crippen LogP contribution in [0.5, 0.6) is 5.88 Å². The molecule has 1 atom stereocenters. The molecule has 208 valence electrons. The third-order valence-electron chi connectivity index (χ3n) is 6.83. The summed E-state index contributed by atoms with van der Waals surface area (Å²) in [6.07, 6.45) is 3.20. The zero-order chi connectivity index (χ0) is 29.0. The zero-order valence-corrected chi connectivity index (χ0v) is 24.2. The molecule has 4 aromatic rings. The van der Waals surface area contributed by atoms with E-state index in [-0.39, 0.29) is 22.0 Å². The largest absolute Gasteiger partial charge is 0.480 e. The van der Waals surface area contributed by atoms with Crippen molar-refractivity contribution >= 4 is 40.7 Å². The molecule has 4 heterocycles. The van der Waals surface area contributed by atoms with Gasteiger partial charge in [0.05, 0.1) is 40.3 Å². The van der Waals surface area contributed by atoms with Gasteiger partial charge >= 0.3 is 0 Å². The molecule has 0 spiro atoms. The van der Waals surface area contributed by atoms with Gasteiger partial charge in [0.25, 0.3) is 11.5 Å². The van der Waals surface area contributed by atoms with Gasteiger partial charge in [-0.1, -0.05) is 29.3 Å². The molecule has 3 aromatic heterocycles. The van der Waals surface area contributed by atoms with E-state index in [0.29, 0.717) is 45.6 Å². The number of amides is 1. The molecule has 12 heteroatoms. The Balaban J connectivity index is 1.80. The van der Waals surface area contributed by atoms with E-state index in [1.807, 2.05) is 32.5 Å². The number of nitrogens with zero attached hydrogens (tertiary/aromatic N) is 6. The maximum absolute atomic E-state index is 14.8. The van der Waals surface area contributed by atoms with Gasteiger partial charge in [0.1, 0.15) is 16.9 Å². The van der Waals surface area contributed by atoms with Crippen LogP contribution in [-0.2, 0) is 7.05 Å². The smallest absolute Gasteiger partial charge is 0.269 e. The number of ether oxygens (including phenoxy) is 1. The molecule has 40 heavy (non-hydrogen) atoms. The van der Waals surface area contributed by atoms with Crippen molar-refractivity contribution in [3.05, 3.63) is 85.8 Å². The number of pyridine rings is 1. The minimum absolute atomic E-state index is 0.0344. The third kappa shape index (κ3) is 4.41. The van der Waals surface area contributed by atoms with Crippen LogP contribution in [0.2, 0.25) is 10.0 Å². The minimum Gasteiger partial charge on any atom is -0.480 e. The van der Waals surface area contributed by atoms with Crippen molar-refractivity contribution in [2.75, 3.05) is 31.0 Å². The van der Waals surface area contributed by atoms with Gasteiger partial charge in [0.2, 0.25) is 11.8 Å². The predicted molar refractivity (Wildman–Crippen MR) is 153 cm³/mol. The Kier molecular flexibility index (Phi) is 7.09. The summed E-state index contributed by atoms with van der Waals surface area (Å²) in [5.41, 5.74) is 2.81. The molecule has 1 aliphatic heterocycles. The molecule has 1 aliphatic rings. The number of hydrogen-bond acceptors (Lipinski definition) is 6. The van der Waals surface area contributed by atoms with E-state index in [0.717, 1.165) is 0 Å². The molecule has 0 bridgehead atoms. The molecule has 5 rings (SSSR count). The lowest BCUT2D eigenvalue weighted by atomic mass is 10.0. The molecule has 0 aliphatic carbocycles. The second kappa shape index (κ2) is 10.3.